The van der Waals surface area contributed by atoms with Crippen molar-refractivity contribution in [3.63, 3.8) is 0 Å². The number of carbonyl (C=O) groups excluding carboxylic acids is 1. The zero-order valence-corrected chi connectivity index (χ0v) is 8.19. The number of rotatable bonds is 5. The van der Waals surface area contributed by atoms with Crippen molar-refractivity contribution in [1.29, 1.82) is 0 Å². The van der Waals surface area contributed by atoms with Crippen LogP contribution in [0.15, 0.2) is 18.2 Å². The number of nitrogens with zero attached hydrogens (tertiary/aromatic N) is 1. The van der Waals surface area contributed by atoms with Crippen LogP contribution in [0.1, 0.15) is 23.8 Å². The molecule has 0 aliphatic carbocycles. The molecule has 0 fully saturated rings. The molecule has 0 unspecified atom stereocenters. The molecule has 4 nitrogen and oxygen atoms in total. The molecule has 0 saturated carbocycles. The molecule has 0 bridgehead atoms. The summed E-state index contributed by atoms with van der Waals surface area (Å²) in [5.41, 5.74) is 5.59. The molecular weight excluding hydrogens is 180 g/mol. The number of ketones is 1. The minimum atomic E-state index is -0.174. The van der Waals surface area contributed by atoms with Crippen LogP contribution in [0.25, 0.3) is 0 Å². The van der Waals surface area contributed by atoms with E-state index in [-0.39, 0.29) is 12.3 Å². The Bertz CT molecular complexity index is 313. The summed E-state index contributed by atoms with van der Waals surface area (Å²) in [7, 11) is 0. The number of nitrogens with two attached hydrogens (primary N) is 1. The third-order valence-electron chi connectivity index (χ3n) is 1.65. The van der Waals surface area contributed by atoms with Gasteiger partial charge in [-0.15, -0.1) is 0 Å². The Morgan fingerprint density at radius 2 is 2.36 bits per heavy atom. The van der Waals surface area contributed by atoms with Crippen molar-refractivity contribution in [2.75, 3.05) is 13.2 Å². The largest absolute Gasteiger partial charge is 0.478 e. The Labute approximate surface area is 83.1 Å². The van der Waals surface area contributed by atoms with Gasteiger partial charge in [-0.3, -0.25) is 4.79 Å². The molecule has 0 amide bonds. The van der Waals surface area contributed by atoms with Gasteiger partial charge in [0.05, 0.1) is 13.2 Å². The Morgan fingerprint density at radius 3 is 3.00 bits per heavy atom. The van der Waals surface area contributed by atoms with E-state index in [9.17, 15) is 4.79 Å². The number of hydrogen-bond acceptors (Lipinski definition) is 4. The summed E-state index contributed by atoms with van der Waals surface area (Å²) in [5, 5.41) is 0. The molecule has 0 aromatic carbocycles. The Balaban J connectivity index is 2.73. The van der Waals surface area contributed by atoms with Crippen molar-refractivity contribution in [3.05, 3.63) is 23.9 Å². The fourth-order valence-electron chi connectivity index (χ4n) is 0.962. The van der Waals surface area contributed by atoms with E-state index in [2.05, 4.69) is 4.98 Å². The van der Waals surface area contributed by atoms with E-state index >= 15 is 0 Å². The van der Waals surface area contributed by atoms with Gasteiger partial charge in [-0.25, -0.2) is 4.98 Å². The van der Waals surface area contributed by atoms with Gasteiger partial charge >= 0.3 is 0 Å². The standard InChI is InChI=1S/C10H14N2O2/c1-2-6-14-10-5-3-4-8(12-10)9(13)7-11/h3-5H,2,6-7,11H2,1H3. The first kappa shape index (κ1) is 10.7. The third kappa shape index (κ3) is 2.81. The Hall–Kier alpha value is -1.42. The molecule has 0 aliphatic heterocycles. The maximum atomic E-state index is 11.2. The van der Waals surface area contributed by atoms with E-state index in [4.69, 9.17) is 10.5 Å². The van der Waals surface area contributed by atoms with Crippen LogP contribution in [-0.2, 0) is 0 Å². The van der Waals surface area contributed by atoms with E-state index < -0.39 is 0 Å². The van der Waals surface area contributed by atoms with Gasteiger partial charge in [-0.2, -0.15) is 0 Å². The van der Waals surface area contributed by atoms with Crippen molar-refractivity contribution >= 4 is 5.78 Å². The van der Waals surface area contributed by atoms with Crippen LogP contribution in [0, 0.1) is 0 Å². The summed E-state index contributed by atoms with van der Waals surface area (Å²) in [6.45, 7) is 2.59. The maximum absolute atomic E-state index is 11.2. The summed E-state index contributed by atoms with van der Waals surface area (Å²) in [6, 6.07) is 5.10. The van der Waals surface area contributed by atoms with E-state index in [1.165, 1.54) is 0 Å². The molecule has 0 radical (unpaired) electrons. The molecular formula is C10H14N2O2. The molecule has 1 aromatic heterocycles. The van der Waals surface area contributed by atoms with Crippen molar-refractivity contribution in [1.82, 2.24) is 4.98 Å². The Morgan fingerprint density at radius 1 is 1.57 bits per heavy atom. The van der Waals surface area contributed by atoms with Crippen LogP contribution in [0.2, 0.25) is 0 Å². The van der Waals surface area contributed by atoms with Crippen LogP contribution in [-0.4, -0.2) is 23.9 Å². The van der Waals surface area contributed by atoms with Crippen LogP contribution < -0.4 is 10.5 Å². The summed E-state index contributed by atoms with van der Waals surface area (Å²) in [4.78, 5) is 15.2. The van der Waals surface area contributed by atoms with Gasteiger partial charge in [0.2, 0.25) is 5.88 Å². The summed E-state index contributed by atoms with van der Waals surface area (Å²) in [5.74, 6) is 0.304. The van der Waals surface area contributed by atoms with Crippen molar-refractivity contribution < 1.29 is 9.53 Å². The lowest BCUT2D eigenvalue weighted by Gasteiger charge is -2.04. The van der Waals surface area contributed by atoms with Crippen molar-refractivity contribution in [2.24, 2.45) is 5.73 Å². The van der Waals surface area contributed by atoms with Crippen molar-refractivity contribution in [3.8, 4) is 5.88 Å². The van der Waals surface area contributed by atoms with Gasteiger partial charge in [0.15, 0.2) is 5.78 Å². The molecule has 0 saturated heterocycles. The van der Waals surface area contributed by atoms with Crippen LogP contribution in [0.5, 0.6) is 5.88 Å². The van der Waals surface area contributed by atoms with E-state index in [0.29, 0.717) is 18.2 Å². The third-order valence-corrected chi connectivity index (χ3v) is 1.65. The highest BCUT2D eigenvalue weighted by Crippen LogP contribution is 2.07. The van der Waals surface area contributed by atoms with Gasteiger partial charge in [0.25, 0.3) is 0 Å². The lowest BCUT2D eigenvalue weighted by molar-refractivity contribution is 0.0995. The summed E-state index contributed by atoms with van der Waals surface area (Å²) >= 11 is 0. The first-order valence-corrected chi connectivity index (χ1v) is 4.61. The molecule has 1 heterocycles. The average molecular weight is 194 g/mol. The molecule has 1 rings (SSSR count). The van der Waals surface area contributed by atoms with E-state index in [1.54, 1.807) is 18.2 Å². The predicted octanol–water partition coefficient (Wildman–Crippen LogP) is 1.01. The molecule has 14 heavy (non-hydrogen) atoms. The second-order valence-electron chi connectivity index (χ2n) is 2.84. The van der Waals surface area contributed by atoms with E-state index in [0.717, 1.165) is 6.42 Å². The lowest BCUT2D eigenvalue weighted by atomic mass is 10.2. The monoisotopic (exact) mass is 194 g/mol. The second kappa shape index (κ2) is 5.34. The fourth-order valence-corrected chi connectivity index (χ4v) is 0.962. The van der Waals surface area contributed by atoms with Crippen LogP contribution in [0.3, 0.4) is 0 Å². The van der Waals surface area contributed by atoms with Gasteiger partial charge in [0, 0.05) is 6.07 Å². The number of hydrogen-bond donors (Lipinski definition) is 1. The van der Waals surface area contributed by atoms with Gasteiger partial charge in [-0.05, 0) is 12.5 Å². The average Bonchev–Trinajstić information content (AvgIpc) is 2.25. The highest BCUT2D eigenvalue weighted by molar-refractivity contribution is 5.95. The molecule has 0 aliphatic rings. The molecule has 4 heteroatoms. The lowest BCUT2D eigenvalue weighted by Crippen LogP contribution is -2.15. The minimum absolute atomic E-state index is 0.0236. The number of aromatic nitrogens is 1. The van der Waals surface area contributed by atoms with Crippen LogP contribution >= 0.6 is 0 Å². The zero-order chi connectivity index (χ0) is 10.4. The maximum Gasteiger partial charge on any atom is 0.213 e. The predicted molar refractivity (Wildman–Crippen MR) is 53.4 cm³/mol. The van der Waals surface area contributed by atoms with Gasteiger partial charge in [0.1, 0.15) is 5.69 Å². The van der Waals surface area contributed by atoms with Gasteiger partial charge in [-0.1, -0.05) is 13.0 Å². The zero-order valence-electron chi connectivity index (χ0n) is 8.19. The first-order chi connectivity index (χ1) is 6.77. The quantitative estimate of drug-likeness (QED) is 0.710. The normalized spacial score (nSPS) is 9.86. The Kier molecular flexibility index (Phi) is 4.07. The van der Waals surface area contributed by atoms with Crippen LogP contribution in [0.4, 0.5) is 0 Å². The highest BCUT2D eigenvalue weighted by Gasteiger charge is 2.05. The SMILES string of the molecule is CCCOc1cccc(C(=O)CN)n1. The number of pyridine rings is 1. The molecule has 0 spiro atoms. The number of ether oxygens (including phenoxy) is 1. The smallest absolute Gasteiger partial charge is 0.213 e. The number of carbonyl (C=O) groups is 1. The number of Topliss-reactive ketones (excluding diaryl/α,β-unsaturated/α-hetero) is 1. The first-order valence-electron chi connectivity index (χ1n) is 4.61. The molecule has 76 valence electrons. The fraction of sp³-hybridized carbons (Fsp3) is 0.400. The molecule has 1 aromatic rings. The topological polar surface area (TPSA) is 65.2 Å². The van der Waals surface area contributed by atoms with Gasteiger partial charge < -0.3 is 10.5 Å². The molecule has 0 atom stereocenters. The summed E-state index contributed by atoms with van der Waals surface area (Å²) in [6.07, 6.45) is 0.913. The second-order valence-corrected chi connectivity index (χ2v) is 2.84. The van der Waals surface area contributed by atoms with Crippen molar-refractivity contribution in [2.45, 2.75) is 13.3 Å². The highest BCUT2D eigenvalue weighted by atomic mass is 16.5. The van der Waals surface area contributed by atoms with E-state index in [1.807, 2.05) is 6.92 Å². The summed E-state index contributed by atoms with van der Waals surface area (Å²) < 4.78 is 5.29. The minimum Gasteiger partial charge on any atom is -0.478 e. The molecule has 2 N–H and O–H groups in total.